The quantitative estimate of drug-likeness (QED) is 0.0953. The Morgan fingerprint density at radius 3 is 2.00 bits per heavy atom. The molecule has 0 fully saturated rings. The number of alkyl halides is 6. The molecule has 0 amide bonds. The number of hydrogen-bond donors (Lipinski definition) is 0. The van der Waals surface area contributed by atoms with Crippen LogP contribution < -0.4 is 10.4 Å². The molecule has 0 nitrogen and oxygen atoms in total. The second kappa shape index (κ2) is 15.1. The van der Waals surface area contributed by atoms with Gasteiger partial charge in [-0.05, 0) is 35.1 Å². The summed E-state index contributed by atoms with van der Waals surface area (Å²) in [5.74, 6) is 0.227. The van der Waals surface area contributed by atoms with Gasteiger partial charge in [0.05, 0.1) is 20.6 Å². The van der Waals surface area contributed by atoms with Crippen molar-refractivity contribution < 1.29 is 47.2 Å². The van der Waals surface area contributed by atoms with Gasteiger partial charge in [0.25, 0.3) is 0 Å². The monoisotopic (exact) mass is 778 g/mol. The maximum absolute atomic E-state index is 13.5. The van der Waals surface area contributed by atoms with Crippen LogP contribution in [0.1, 0.15) is 69.2 Å². The predicted molar refractivity (Wildman–Crippen MR) is 180 cm³/mol. The largest absolute Gasteiger partial charge is 0.184 e. The summed E-state index contributed by atoms with van der Waals surface area (Å²) in [7, 11) is 10.7. The summed E-state index contributed by atoms with van der Waals surface area (Å²) in [4.78, 5) is 0. The Balaban J connectivity index is 0.000000255. The van der Waals surface area contributed by atoms with Crippen LogP contribution in [0.3, 0.4) is 0 Å². The molecule has 0 bridgehead atoms. The van der Waals surface area contributed by atoms with Gasteiger partial charge in [-0.25, -0.2) is 0 Å². The van der Waals surface area contributed by atoms with E-state index in [4.69, 9.17) is 17.0 Å². The maximum atomic E-state index is 13.5. The summed E-state index contributed by atoms with van der Waals surface area (Å²) < 4.78 is 80.9. The molecule has 5 aromatic rings. The van der Waals surface area contributed by atoms with Gasteiger partial charge in [0, 0.05) is 0 Å². The third kappa shape index (κ3) is 8.86. The average Bonchev–Trinajstić information content (AvgIpc) is 3.61. The Hall–Kier alpha value is -2.25. The summed E-state index contributed by atoms with van der Waals surface area (Å²) in [6.45, 7) is 9.77. The number of hydrogen-bond acceptors (Lipinski definition) is 0. The third-order valence-corrected chi connectivity index (χ3v) is 9.48. The minimum atomic E-state index is -4.89. The SMILES string of the molecule is CCC(C)c1cc2c(-c3cc(C(F)(F)F)cc(C(F)(F)F)c3)c(C(C)(C)C)ccc2[cH-]1.[Cl][Zr+2][Cl].[c-]1cccc2c1[Si]c1ccccc1-2. The molecule has 0 aliphatic carbocycles. The van der Waals surface area contributed by atoms with E-state index in [2.05, 4.69) is 42.5 Å². The first-order valence-corrected chi connectivity index (χ1v) is 22.2. The van der Waals surface area contributed by atoms with Gasteiger partial charge in [-0.2, -0.15) is 61.9 Å². The Morgan fingerprint density at radius 2 is 1.43 bits per heavy atom. The first-order valence-electron chi connectivity index (χ1n) is 14.9. The van der Waals surface area contributed by atoms with Gasteiger partial charge in [0.15, 0.2) is 0 Å². The number of rotatable bonds is 3. The molecule has 0 saturated heterocycles. The zero-order chi connectivity index (χ0) is 34.7. The van der Waals surface area contributed by atoms with Crippen LogP contribution in [0, 0.1) is 6.07 Å². The van der Waals surface area contributed by atoms with Gasteiger partial charge in [-0.1, -0.05) is 87.2 Å². The van der Waals surface area contributed by atoms with Crippen LogP contribution in [-0.2, 0) is 38.6 Å². The van der Waals surface area contributed by atoms with E-state index < -0.39 is 49.7 Å². The maximum Gasteiger partial charge on any atom is 0.0920 e. The van der Waals surface area contributed by atoms with Crippen LogP contribution >= 0.6 is 17.0 Å². The first-order chi connectivity index (χ1) is 22.0. The number of fused-ring (bicyclic) bond motifs is 4. The summed E-state index contributed by atoms with van der Waals surface area (Å²) in [5, 5.41) is 4.31. The topological polar surface area (TPSA) is 0 Å². The summed E-state index contributed by atoms with van der Waals surface area (Å²) in [6, 6.07) is 27.6. The van der Waals surface area contributed by atoms with Crippen LogP contribution in [0.2, 0.25) is 0 Å². The molecule has 1 unspecified atom stereocenters. The number of benzene rings is 4. The molecule has 0 spiro atoms. The Bertz CT molecular complexity index is 1760. The molecular weight excluding hydrogens is 749 g/mol. The zero-order valence-electron chi connectivity index (χ0n) is 26.4. The third-order valence-electron chi connectivity index (χ3n) is 8.11. The molecule has 1 aliphatic rings. The molecular formula is C37H32Cl2F6SiZr. The Labute approximate surface area is 293 Å². The van der Waals surface area contributed by atoms with Gasteiger partial charge in [-0.15, -0.1) is 40.1 Å². The molecule has 0 N–H and O–H groups in total. The van der Waals surface area contributed by atoms with Crippen LogP contribution in [0.15, 0.2) is 84.9 Å². The summed E-state index contributed by atoms with van der Waals surface area (Å²) in [6.07, 6.45) is -8.90. The smallest absolute Gasteiger partial charge is 0.0920 e. The standard InChI is InChI=1S/C25H25F6.C12H7Si.2ClH.Zr/c1-6-14(2)16-9-15-7-8-21(23(3,4)5)22(20(15)12-16)17-10-18(24(26,27)28)13-19(11-17)25(29,30)31;1-3-7-11-9(5-1)10-6-2-4-8-12(10)13-11;;;/h7-14H,6H2,1-5H3;1-7H;2*1H;/q2*-1;;;+4/p-2. The van der Waals surface area contributed by atoms with Crippen LogP contribution in [0.4, 0.5) is 26.3 Å². The molecule has 0 aromatic heterocycles. The van der Waals surface area contributed by atoms with E-state index in [0.717, 1.165) is 39.0 Å². The number of halogens is 8. The van der Waals surface area contributed by atoms with Crippen LogP contribution in [0.5, 0.6) is 0 Å². The average molecular weight is 781 g/mol. The van der Waals surface area contributed by atoms with Crippen molar-refractivity contribution in [1.82, 2.24) is 0 Å². The zero-order valence-corrected chi connectivity index (χ0v) is 31.4. The molecule has 6 rings (SSSR count). The van der Waals surface area contributed by atoms with Gasteiger partial charge in [0.2, 0.25) is 0 Å². The normalized spacial score (nSPS) is 13.0. The van der Waals surface area contributed by atoms with E-state index in [1.807, 2.05) is 65.0 Å². The van der Waals surface area contributed by atoms with Crippen LogP contribution in [-0.4, -0.2) is 9.52 Å². The fourth-order valence-corrected chi connectivity index (χ4v) is 6.90. The summed E-state index contributed by atoms with van der Waals surface area (Å²) in [5.41, 5.74) is 1.76. The fraction of sp³-hybridized carbons (Fsp3) is 0.270. The first kappa shape index (κ1) is 37.6. The Morgan fingerprint density at radius 1 is 0.830 bits per heavy atom. The van der Waals surface area contributed by atoms with E-state index in [0.29, 0.717) is 16.5 Å². The van der Waals surface area contributed by atoms with Crippen molar-refractivity contribution in [3.63, 3.8) is 0 Å². The Kier molecular flexibility index (Phi) is 12.1. The molecule has 47 heavy (non-hydrogen) atoms. The van der Waals surface area contributed by atoms with Crippen molar-refractivity contribution in [2.75, 3.05) is 0 Å². The molecule has 244 valence electrons. The molecule has 1 aliphatic heterocycles. The minimum absolute atomic E-state index is 0.0704. The molecule has 10 heteroatoms. The van der Waals surface area contributed by atoms with Crippen molar-refractivity contribution >= 4 is 47.7 Å². The van der Waals surface area contributed by atoms with E-state index in [9.17, 15) is 26.3 Å². The van der Waals surface area contributed by atoms with Crippen molar-refractivity contribution in [2.45, 2.75) is 64.7 Å². The minimum Gasteiger partial charge on any atom is -0.184 e. The van der Waals surface area contributed by atoms with E-state index in [1.54, 1.807) is 0 Å². The molecule has 0 saturated carbocycles. The summed E-state index contributed by atoms with van der Waals surface area (Å²) >= 11 is -0.826. The van der Waals surface area contributed by atoms with Crippen molar-refractivity contribution in [1.29, 1.82) is 0 Å². The van der Waals surface area contributed by atoms with Gasteiger partial charge >= 0.3 is 50.2 Å². The van der Waals surface area contributed by atoms with Crippen molar-refractivity contribution in [2.24, 2.45) is 0 Å². The van der Waals surface area contributed by atoms with E-state index in [-0.39, 0.29) is 17.5 Å². The molecule has 1 heterocycles. The second-order valence-corrected chi connectivity index (χ2v) is 17.4. The van der Waals surface area contributed by atoms with Gasteiger partial charge < -0.3 is 0 Å². The van der Waals surface area contributed by atoms with Crippen LogP contribution in [0.25, 0.3) is 33.0 Å². The fourth-order valence-electron chi connectivity index (χ4n) is 5.59. The molecule has 5 aromatic carbocycles. The van der Waals surface area contributed by atoms with Crippen molar-refractivity contribution in [3.05, 3.63) is 113 Å². The van der Waals surface area contributed by atoms with Crippen molar-refractivity contribution in [3.8, 4) is 22.3 Å². The molecule has 2 radical (unpaired) electrons. The van der Waals surface area contributed by atoms with E-state index >= 15 is 0 Å². The predicted octanol–water partition coefficient (Wildman–Crippen LogP) is 11.6. The molecule has 1 atom stereocenters. The van der Waals surface area contributed by atoms with E-state index in [1.165, 1.54) is 21.5 Å². The van der Waals surface area contributed by atoms with Gasteiger partial charge in [0.1, 0.15) is 0 Å². The van der Waals surface area contributed by atoms with Gasteiger partial charge in [-0.3, -0.25) is 0 Å². The second-order valence-electron chi connectivity index (χ2n) is 12.3.